The van der Waals surface area contributed by atoms with Gasteiger partial charge in [0.1, 0.15) is 0 Å². The van der Waals surface area contributed by atoms with E-state index in [9.17, 15) is 0 Å². The van der Waals surface area contributed by atoms with E-state index in [4.69, 9.17) is 25.9 Å². The Balaban J connectivity index is 1.48. The second-order valence-corrected chi connectivity index (χ2v) is 54.5. The fourth-order valence-corrected chi connectivity index (χ4v) is 37.0. The summed E-state index contributed by atoms with van der Waals surface area (Å²) >= 11 is -5.36. The van der Waals surface area contributed by atoms with Gasteiger partial charge in [-0.1, -0.05) is 0 Å². The van der Waals surface area contributed by atoms with Crippen LogP contribution in [0, 0.1) is 27.7 Å². The van der Waals surface area contributed by atoms with E-state index in [-0.39, 0.29) is 7.25 Å². The fourth-order valence-electron chi connectivity index (χ4n) is 9.35. The van der Waals surface area contributed by atoms with E-state index in [2.05, 4.69) is 150 Å². The third-order valence-electron chi connectivity index (χ3n) is 12.0. The van der Waals surface area contributed by atoms with E-state index in [1.807, 2.05) is 13.8 Å². The summed E-state index contributed by atoms with van der Waals surface area (Å²) in [5, 5.41) is 0. The molecule has 8 rings (SSSR count). The maximum atomic E-state index is 8.95. The molecule has 2 aromatic heterocycles. The number of furan rings is 2. The second kappa shape index (κ2) is 14.0. The van der Waals surface area contributed by atoms with Gasteiger partial charge in [0.15, 0.2) is 0 Å². The predicted octanol–water partition coefficient (Wildman–Crippen LogP) is 14.7. The van der Waals surface area contributed by atoms with Crippen molar-refractivity contribution in [2.75, 3.05) is 0 Å². The van der Waals surface area contributed by atoms with Crippen LogP contribution in [0.15, 0.2) is 106 Å². The van der Waals surface area contributed by atoms with Crippen LogP contribution in [0.4, 0.5) is 0 Å². The Bertz CT molecular complexity index is 2450. The molecule has 54 heavy (non-hydrogen) atoms. The number of aryl methyl sites for hydroxylation is 6. The summed E-state index contributed by atoms with van der Waals surface area (Å²) in [6.07, 6.45) is 6.60. The van der Waals surface area contributed by atoms with Crippen LogP contribution < -0.4 is 0 Å². The molecule has 2 nitrogen and oxygen atoms in total. The molecule has 0 N–H and O–H groups in total. The van der Waals surface area contributed by atoms with Gasteiger partial charge < -0.3 is 0 Å². The number of benzene rings is 4. The number of hydrogen-bond donors (Lipinski definition) is 0. The van der Waals surface area contributed by atoms with Crippen molar-refractivity contribution in [3.05, 3.63) is 165 Å². The monoisotopic (exact) mass is 844 g/mol. The molecule has 0 bridgehead atoms. The minimum absolute atomic E-state index is 0.211. The van der Waals surface area contributed by atoms with Gasteiger partial charge in [-0.3, -0.25) is 0 Å². The third kappa shape index (κ3) is 5.90. The number of halogens is 2. The number of fused-ring (bicyclic) bond motifs is 2. The summed E-state index contributed by atoms with van der Waals surface area (Å²) in [5.74, 6) is 3.45. The Hall–Kier alpha value is -3.40. The molecule has 0 amide bonds. The van der Waals surface area contributed by atoms with Gasteiger partial charge in [-0.05, 0) is 0 Å². The molecule has 0 radical (unpaired) electrons. The number of rotatable bonds is 8. The van der Waals surface area contributed by atoms with Crippen LogP contribution in [0.3, 0.4) is 0 Å². The van der Waals surface area contributed by atoms with Gasteiger partial charge in [-0.2, -0.15) is 0 Å². The summed E-state index contributed by atoms with van der Waals surface area (Å²) in [5.41, 5.74) is 15.8. The fraction of sp³-hybridized carbons (Fsp3) is 0.250. The average Bonchev–Trinajstić information content (AvgIpc) is 3.95. The summed E-state index contributed by atoms with van der Waals surface area (Å²) in [6, 6.07) is 35.5. The standard InChI is InChI=1S/2C23H21O.C2H6Si.2ClH.Zr/c2*1-4-17-9-10-18-13-20(22-11-8-16(3)24-22)14-21(18)23(17)19-7-5-6-15(2)12-19;1-3-2;;;/h2*5-14H,4H2,1-3H3;1-2H3;2*1H;/q;;;;;+2/p-2. The van der Waals surface area contributed by atoms with Crippen LogP contribution in [0.5, 0.6) is 0 Å². The topological polar surface area (TPSA) is 26.3 Å². The van der Waals surface area contributed by atoms with Crippen molar-refractivity contribution in [1.29, 1.82) is 0 Å². The van der Waals surface area contributed by atoms with E-state index in [1.165, 1.54) is 66.8 Å². The van der Waals surface area contributed by atoms with Crippen molar-refractivity contribution in [3.63, 3.8) is 0 Å². The second-order valence-electron chi connectivity index (χ2n) is 15.7. The Morgan fingerprint density at radius 2 is 1.00 bits per heavy atom. The molecule has 0 aliphatic heterocycles. The first kappa shape index (κ1) is 37.5. The summed E-state index contributed by atoms with van der Waals surface area (Å²) in [4.78, 5) is 0. The molecule has 2 aliphatic rings. The zero-order chi connectivity index (χ0) is 38.1. The molecule has 6 heteroatoms. The van der Waals surface area contributed by atoms with E-state index >= 15 is 0 Å². The zero-order valence-electron chi connectivity index (χ0n) is 32.5. The first-order chi connectivity index (χ1) is 25.8. The first-order valence-electron chi connectivity index (χ1n) is 19.2. The average molecular weight is 847 g/mol. The summed E-state index contributed by atoms with van der Waals surface area (Å²) in [7, 11) is 17.9. The van der Waals surface area contributed by atoms with Crippen molar-refractivity contribution in [3.8, 4) is 22.3 Å². The molecule has 274 valence electrons. The molecule has 0 saturated heterocycles. The van der Waals surface area contributed by atoms with Gasteiger partial charge in [0.2, 0.25) is 0 Å². The van der Waals surface area contributed by atoms with Crippen LogP contribution in [0.1, 0.15) is 88.6 Å². The van der Waals surface area contributed by atoms with Gasteiger partial charge >= 0.3 is 331 Å². The Labute approximate surface area is 328 Å². The molecular weight excluding hydrogens is 799 g/mol. The molecule has 6 aromatic rings. The van der Waals surface area contributed by atoms with Crippen LogP contribution in [-0.2, 0) is 27.9 Å². The molecule has 2 atom stereocenters. The van der Waals surface area contributed by atoms with Crippen LogP contribution in [0.25, 0.3) is 45.6 Å². The molecule has 2 aliphatic carbocycles. The summed E-state index contributed by atoms with van der Waals surface area (Å²) < 4.78 is 12.7. The molecule has 2 heterocycles. The quantitative estimate of drug-likeness (QED) is 0.143. The molecule has 2 unspecified atom stereocenters. The van der Waals surface area contributed by atoms with Crippen LogP contribution in [-0.4, -0.2) is 5.43 Å². The Morgan fingerprint density at radius 1 is 0.574 bits per heavy atom. The van der Waals surface area contributed by atoms with Gasteiger partial charge in [0.25, 0.3) is 0 Å². The van der Waals surface area contributed by atoms with Crippen molar-refractivity contribution < 1.29 is 23.8 Å². The number of hydrogen-bond acceptors (Lipinski definition) is 2. The van der Waals surface area contributed by atoms with Gasteiger partial charge in [0, 0.05) is 0 Å². The van der Waals surface area contributed by atoms with Crippen LogP contribution >= 0.6 is 17.0 Å². The third-order valence-corrected chi connectivity index (χ3v) is 58.3. The van der Waals surface area contributed by atoms with Crippen molar-refractivity contribution >= 4 is 45.8 Å². The normalized spacial score (nSPS) is 16.6. The molecular formula is C48H48Cl2O2SiZr. The maximum absolute atomic E-state index is 8.95. The van der Waals surface area contributed by atoms with Crippen molar-refractivity contribution in [1.82, 2.24) is 0 Å². The molecule has 0 fully saturated rings. The first-order valence-corrected chi connectivity index (χ1v) is 34.6. The van der Waals surface area contributed by atoms with Crippen molar-refractivity contribution in [2.45, 2.75) is 74.7 Å². The summed E-state index contributed by atoms with van der Waals surface area (Å²) in [6.45, 7) is 17.6. The minimum atomic E-state index is -5.36. The van der Waals surface area contributed by atoms with Gasteiger partial charge in [0.05, 0.1) is 0 Å². The van der Waals surface area contributed by atoms with E-state index in [1.54, 1.807) is 0 Å². The number of allylic oxidation sites excluding steroid dienone is 2. The SMILES string of the molecule is CCc1ccc2c(c1-c1cccc(C)c1)C=C(c1ccc(C)o1)[CH]2[Zr]([Cl])([Cl])([CH]1C(c2ccc(C)o2)=Cc2c1ccc(CC)c2-c1cccc(C)c1)=[Si](C)C. The Kier molecular flexibility index (Phi) is 9.70. The molecule has 4 aromatic carbocycles. The van der Waals surface area contributed by atoms with Gasteiger partial charge in [-0.25, -0.2) is 0 Å². The van der Waals surface area contributed by atoms with Crippen LogP contribution in [0.2, 0.25) is 13.1 Å². The van der Waals surface area contributed by atoms with E-state index in [0.717, 1.165) is 47.0 Å². The molecule has 0 spiro atoms. The van der Waals surface area contributed by atoms with E-state index < -0.39 is 20.4 Å². The van der Waals surface area contributed by atoms with Gasteiger partial charge in [-0.15, -0.1) is 0 Å². The van der Waals surface area contributed by atoms with Crippen molar-refractivity contribution in [2.24, 2.45) is 0 Å². The van der Waals surface area contributed by atoms with E-state index in [0.29, 0.717) is 0 Å². The Morgan fingerprint density at radius 3 is 1.33 bits per heavy atom. The zero-order valence-corrected chi connectivity index (χ0v) is 37.5. The predicted molar refractivity (Wildman–Crippen MR) is 229 cm³/mol. The molecule has 0 saturated carbocycles.